The zero-order chi connectivity index (χ0) is 16.8. The van der Waals surface area contributed by atoms with Gasteiger partial charge in [-0.05, 0) is 0 Å². The maximum absolute atomic E-state index is 13.1. The van der Waals surface area contributed by atoms with Crippen molar-refractivity contribution >= 4 is 30.1 Å². The van der Waals surface area contributed by atoms with Crippen molar-refractivity contribution in [1.82, 2.24) is 5.06 Å². The number of rotatable bonds is 8. The molecule has 0 bridgehead atoms. The van der Waals surface area contributed by atoms with Crippen LogP contribution in [0.4, 0.5) is 5.69 Å². The Hall–Kier alpha value is -1.27. The summed E-state index contributed by atoms with van der Waals surface area (Å²) in [5.74, 6) is -0.448. The molecule has 0 heterocycles. The van der Waals surface area contributed by atoms with E-state index in [0.29, 0.717) is 17.4 Å². The Morgan fingerprint density at radius 3 is 2.45 bits per heavy atom. The Morgan fingerprint density at radius 2 is 1.95 bits per heavy atom. The van der Waals surface area contributed by atoms with Gasteiger partial charge in [-0.3, -0.25) is 0 Å². The second-order valence-electron chi connectivity index (χ2n) is 4.49. The van der Waals surface area contributed by atoms with E-state index >= 15 is 0 Å². The van der Waals surface area contributed by atoms with Gasteiger partial charge in [0, 0.05) is 0 Å². The molecule has 1 rings (SSSR count). The van der Waals surface area contributed by atoms with Gasteiger partial charge in [0.1, 0.15) is 0 Å². The fourth-order valence-electron chi connectivity index (χ4n) is 1.79. The number of phenolic OH excluding ortho intramolecular Hbond substituents is 1. The summed E-state index contributed by atoms with van der Waals surface area (Å²) in [6.45, 7) is 8.18. The summed E-state index contributed by atoms with van der Waals surface area (Å²) in [5, 5.41) is 13.8. The first-order valence-corrected chi connectivity index (χ1v) is 10.4. The van der Waals surface area contributed by atoms with Gasteiger partial charge >= 0.3 is 133 Å². The first-order valence-electron chi connectivity index (χ1n) is 7.16. The number of phenols is 1. The van der Waals surface area contributed by atoms with E-state index in [1.54, 1.807) is 12.0 Å². The number of aromatic hydroxyl groups is 1. The quantitative estimate of drug-likeness (QED) is 0.404. The maximum atomic E-state index is 13.1. The summed E-state index contributed by atoms with van der Waals surface area (Å²) in [6.07, 6.45) is 0. The molecule has 0 radical (unpaired) electrons. The van der Waals surface area contributed by atoms with Crippen LogP contribution in [0.2, 0.25) is 0 Å². The summed E-state index contributed by atoms with van der Waals surface area (Å²) < 4.78 is 24.4. The van der Waals surface area contributed by atoms with Gasteiger partial charge in [-0.25, -0.2) is 0 Å². The van der Waals surface area contributed by atoms with Gasteiger partial charge in [0.25, 0.3) is 0 Å². The molecule has 124 valence electrons. The second-order valence-corrected chi connectivity index (χ2v) is 8.55. The SMILES string of the molecule is CCO[As](=O)(ON(CC)CC)c1ccc(O)c(NC(C)=O)c1. The van der Waals surface area contributed by atoms with Gasteiger partial charge in [0.15, 0.2) is 0 Å². The van der Waals surface area contributed by atoms with Crippen molar-refractivity contribution in [1.29, 1.82) is 0 Å². The van der Waals surface area contributed by atoms with Gasteiger partial charge in [-0.1, -0.05) is 0 Å². The van der Waals surface area contributed by atoms with Crippen molar-refractivity contribution < 1.29 is 21.2 Å². The zero-order valence-corrected chi connectivity index (χ0v) is 15.2. The summed E-state index contributed by atoms with van der Waals surface area (Å²) >= 11 is -4.32. The Bertz CT molecular complexity index is 560. The van der Waals surface area contributed by atoms with Crippen molar-refractivity contribution in [3.8, 4) is 5.75 Å². The van der Waals surface area contributed by atoms with Crippen molar-refractivity contribution in [3.05, 3.63) is 18.2 Å². The second kappa shape index (κ2) is 8.38. The molecule has 22 heavy (non-hydrogen) atoms. The third kappa shape index (κ3) is 4.88. The van der Waals surface area contributed by atoms with Gasteiger partial charge in [0.05, 0.1) is 0 Å². The number of nitrogens with zero attached hydrogens (tertiary/aromatic N) is 1. The van der Waals surface area contributed by atoms with E-state index < -0.39 is 14.2 Å². The monoisotopic (exact) mass is 374 g/mol. The number of hydrogen-bond donors (Lipinski definition) is 2. The molecule has 0 aliphatic carbocycles. The molecular weight excluding hydrogens is 351 g/mol. The molecule has 1 aromatic carbocycles. The van der Waals surface area contributed by atoms with Gasteiger partial charge in [0.2, 0.25) is 0 Å². The van der Waals surface area contributed by atoms with Crippen LogP contribution in [0.25, 0.3) is 0 Å². The number of amides is 1. The number of benzene rings is 1. The molecule has 1 atom stereocenters. The Balaban J connectivity index is 3.20. The van der Waals surface area contributed by atoms with E-state index in [-0.39, 0.29) is 24.0 Å². The van der Waals surface area contributed by atoms with E-state index in [1.807, 2.05) is 13.8 Å². The minimum absolute atomic E-state index is 0.111. The summed E-state index contributed by atoms with van der Waals surface area (Å²) in [6, 6.07) is 4.27. The summed E-state index contributed by atoms with van der Waals surface area (Å²) in [5.41, 5.74) is 0.175. The van der Waals surface area contributed by atoms with Crippen LogP contribution in [-0.4, -0.2) is 49.9 Å². The van der Waals surface area contributed by atoms with Crippen LogP contribution in [0.15, 0.2) is 18.2 Å². The molecule has 0 fully saturated rings. The van der Waals surface area contributed by atoms with Crippen molar-refractivity contribution in [2.24, 2.45) is 0 Å². The first-order chi connectivity index (χ1) is 10.4. The van der Waals surface area contributed by atoms with E-state index in [2.05, 4.69) is 5.32 Å². The van der Waals surface area contributed by atoms with Gasteiger partial charge < -0.3 is 0 Å². The van der Waals surface area contributed by atoms with E-state index in [4.69, 9.17) is 7.55 Å². The Kier molecular flexibility index (Phi) is 7.16. The van der Waals surface area contributed by atoms with Gasteiger partial charge in [-0.2, -0.15) is 0 Å². The van der Waals surface area contributed by atoms with Crippen LogP contribution in [-0.2, 0) is 16.1 Å². The number of hydroxylamine groups is 2. The number of carbonyl (C=O) groups is 1. The molecule has 0 aliphatic rings. The third-order valence-corrected chi connectivity index (χ3v) is 6.94. The van der Waals surface area contributed by atoms with E-state index in [1.165, 1.54) is 25.1 Å². The van der Waals surface area contributed by atoms with Gasteiger partial charge in [-0.15, -0.1) is 0 Å². The first kappa shape index (κ1) is 18.8. The molecule has 8 heteroatoms. The average Bonchev–Trinajstić information content (AvgIpc) is 2.46. The molecule has 0 aliphatic heterocycles. The average molecular weight is 374 g/mol. The molecule has 7 nitrogen and oxygen atoms in total. The van der Waals surface area contributed by atoms with Crippen LogP contribution in [0.5, 0.6) is 5.75 Å². The van der Waals surface area contributed by atoms with Crippen LogP contribution < -0.4 is 9.67 Å². The number of hydrogen-bond acceptors (Lipinski definition) is 6. The van der Waals surface area contributed by atoms with Crippen LogP contribution in [0, 0.1) is 0 Å². The molecule has 0 saturated heterocycles. The summed E-state index contributed by atoms with van der Waals surface area (Å²) in [4.78, 5) is 11.2. The number of anilines is 1. The van der Waals surface area contributed by atoms with Crippen LogP contribution in [0.3, 0.4) is 0 Å². The van der Waals surface area contributed by atoms with Crippen molar-refractivity contribution in [2.45, 2.75) is 27.7 Å². The fraction of sp³-hybridized carbons (Fsp3) is 0.500. The van der Waals surface area contributed by atoms with Crippen molar-refractivity contribution in [3.63, 3.8) is 0 Å². The Labute approximate surface area is 133 Å². The van der Waals surface area contributed by atoms with E-state index in [9.17, 15) is 13.6 Å². The zero-order valence-electron chi connectivity index (χ0n) is 13.3. The fourth-order valence-corrected chi connectivity index (χ4v) is 5.38. The standard InChI is InChI=1S/C14H23AsN2O5/c1-5-17(6-2)22-15(20,21-7-3)12-8-9-14(19)13(10-12)16-11(4)18/h8-10,19H,5-7H2,1-4H3,(H,16,18). The molecule has 0 spiro atoms. The normalized spacial score (nSPS) is 13.9. The number of nitrogens with one attached hydrogen (secondary N) is 1. The topological polar surface area (TPSA) is 88.1 Å². The molecular formula is C14H23AsN2O5. The van der Waals surface area contributed by atoms with Crippen LogP contribution >= 0.6 is 0 Å². The molecule has 1 unspecified atom stereocenters. The molecule has 0 saturated carbocycles. The molecule has 1 amide bonds. The molecule has 0 aromatic heterocycles. The summed E-state index contributed by atoms with van der Waals surface area (Å²) in [7, 11) is 0. The van der Waals surface area contributed by atoms with Crippen LogP contribution in [0.1, 0.15) is 27.7 Å². The third-order valence-electron chi connectivity index (χ3n) is 2.83. The minimum atomic E-state index is -4.32. The number of carbonyl (C=O) groups excluding carboxylic acids is 1. The molecule has 1 aromatic rings. The van der Waals surface area contributed by atoms with Crippen molar-refractivity contribution in [2.75, 3.05) is 25.0 Å². The molecule has 2 N–H and O–H groups in total. The Morgan fingerprint density at radius 1 is 1.32 bits per heavy atom. The predicted molar refractivity (Wildman–Crippen MR) is 84.1 cm³/mol. The predicted octanol–water partition coefficient (Wildman–Crippen LogP) is 1.24. The van der Waals surface area contributed by atoms with E-state index in [0.717, 1.165) is 0 Å².